The van der Waals surface area contributed by atoms with Crippen LogP contribution < -0.4 is 10.1 Å². The number of carbonyl (C=O) groups is 1. The summed E-state index contributed by atoms with van der Waals surface area (Å²) in [5.41, 5.74) is 3.84. The molecule has 3 aromatic carbocycles. The van der Waals surface area contributed by atoms with E-state index in [9.17, 15) is 4.79 Å². The molecule has 0 radical (unpaired) electrons. The van der Waals surface area contributed by atoms with E-state index in [0.717, 1.165) is 11.1 Å². The molecule has 0 aliphatic carbocycles. The molecule has 4 aromatic rings. The fourth-order valence-electron chi connectivity index (χ4n) is 3.56. The number of fused-ring (bicyclic) bond motifs is 1. The Bertz CT molecular complexity index is 1350. The Morgan fingerprint density at radius 2 is 1.68 bits per heavy atom. The van der Waals surface area contributed by atoms with Gasteiger partial charge in [0.1, 0.15) is 11.3 Å². The number of amides is 1. The van der Waals surface area contributed by atoms with Gasteiger partial charge in [-0.1, -0.05) is 50.6 Å². The molecule has 5 nitrogen and oxygen atoms in total. The topological polar surface area (TPSA) is 64.4 Å². The average Bonchev–Trinajstić information content (AvgIpc) is 3.17. The lowest BCUT2D eigenvalue weighted by Gasteiger charge is -2.26. The summed E-state index contributed by atoms with van der Waals surface area (Å²) >= 11 is 6.43. The molecule has 1 aromatic heterocycles. The van der Waals surface area contributed by atoms with Crippen LogP contribution >= 0.6 is 11.6 Å². The first-order valence-electron chi connectivity index (χ1n) is 11.2. The number of anilines is 1. The van der Waals surface area contributed by atoms with Gasteiger partial charge in [-0.05, 0) is 79.8 Å². The van der Waals surface area contributed by atoms with Gasteiger partial charge in [-0.15, -0.1) is 0 Å². The first-order chi connectivity index (χ1) is 15.9. The predicted molar refractivity (Wildman–Crippen MR) is 138 cm³/mol. The first kappa shape index (κ1) is 23.8. The Morgan fingerprint density at radius 1 is 0.971 bits per heavy atom. The van der Waals surface area contributed by atoms with Crippen molar-refractivity contribution in [3.8, 4) is 17.2 Å². The molecule has 0 bridgehead atoms. The largest absolute Gasteiger partial charge is 0.478 e. The van der Waals surface area contributed by atoms with Crippen LogP contribution in [0.2, 0.25) is 5.02 Å². The number of nitrogens with zero attached hydrogens (tertiary/aromatic N) is 1. The standard InChI is InChI=1S/C28H29ClN2O3/c1-17-7-14-23-24(15-17)33-25(31-23)21-16-19(10-13-22(21)29)30-26(32)28(5,6)34-20-11-8-18(9-12-20)27(2,3)4/h7-16H,1-6H3,(H,30,32). The van der Waals surface area contributed by atoms with Crippen LogP contribution in [-0.4, -0.2) is 16.5 Å². The number of aromatic nitrogens is 1. The number of rotatable bonds is 5. The monoisotopic (exact) mass is 476 g/mol. The number of hydrogen-bond acceptors (Lipinski definition) is 4. The average molecular weight is 477 g/mol. The summed E-state index contributed by atoms with van der Waals surface area (Å²) in [6, 6.07) is 18.9. The number of hydrogen-bond donors (Lipinski definition) is 1. The van der Waals surface area contributed by atoms with Crippen molar-refractivity contribution >= 4 is 34.3 Å². The zero-order valence-corrected chi connectivity index (χ0v) is 21.1. The Kier molecular flexibility index (Phi) is 6.17. The van der Waals surface area contributed by atoms with Crippen LogP contribution in [0.15, 0.2) is 65.1 Å². The van der Waals surface area contributed by atoms with Gasteiger partial charge in [-0.3, -0.25) is 4.79 Å². The number of carbonyl (C=O) groups excluding carboxylic acids is 1. The highest BCUT2D eigenvalue weighted by molar-refractivity contribution is 6.33. The van der Waals surface area contributed by atoms with Crippen molar-refractivity contribution in [3.05, 3.63) is 76.8 Å². The molecule has 176 valence electrons. The number of nitrogens with one attached hydrogen (secondary N) is 1. The van der Waals surface area contributed by atoms with E-state index in [0.29, 0.717) is 33.5 Å². The van der Waals surface area contributed by atoms with Crippen molar-refractivity contribution in [2.45, 2.75) is 52.6 Å². The van der Waals surface area contributed by atoms with Gasteiger partial charge >= 0.3 is 0 Å². The molecule has 1 N–H and O–H groups in total. The zero-order chi connectivity index (χ0) is 24.7. The number of benzene rings is 3. The Morgan fingerprint density at radius 3 is 2.35 bits per heavy atom. The van der Waals surface area contributed by atoms with Crippen LogP contribution in [0.4, 0.5) is 5.69 Å². The van der Waals surface area contributed by atoms with Gasteiger partial charge < -0.3 is 14.5 Å². The Hall–Kier alpha value is -3.31. The second kappa shape index (κ2) is 8.80. The van der Waals surface area contributed by atoms with E-state index in [2.05, 4.69) is 31.1 Å². The summed E-state index contributed by atoms with van der Waals surface area (Å²) in [7, 11) is 0. The van der Waals surface area contributed by atoms with Crippen molar-refractivity contribution < 1.29 is 13.9 Å². The summed E-state index contributed by atoms with van der Waals surface area (Å²) in [6.07, 6.45) is 0. The molecule has 0 saturated carbocycles. The maximum absolute atomic E-state index is 13.1. The molecule has 6 heteroatoms. The lowest BCUT2D eigenvalue weighted by molar-refractivity contribution is -0.128. The van der Waals surface area contributed by atoms with Gasteiger partial charge in [0.2, 0.25) is 5.89 Å². The van der Waals surface area contributed by atoms with Crippen LogP contribution in [0.25, 0.3) is 22.6 Å². The smallest absolute Gasteiger partial charge is 0.267 e. The fraction of sp³-hybridized carbons (Fsp3) is 0.286. The highest BCUT2D eigenvalue weighted by Gasteiger charge is 2.30. The molecule has 1 amide bonds. The van der Waals surface area contributed by atoms with E-state index in [1.54, 1.807) is 32.0 Å². The summed E-state index contributed by atoms with van der Waals surface area (Å²) < 4.78 is 11.9. The fourth-order valence-corrected chi connectivity index (χ4v) is 3.76. The third-order valence-electron chi connectivity index (χ3n) is 5.64. The normalized spacial score (nSPS) is 12.1. The van der Waals surface area contributed by atoms with Crippen molar-refractivity contribution in [1.82, 2.24) is 4.98 Å². The van der Waals surface area contributed by atoms with E-state index >= 15 is 0 Å². The molecular formula is C28H29ClN2O3. The van der Waals surface area contributed by atoms with Crippen LogP contribution in [0.1, 0.15) is 45.7 Å². The van der Waals surface area contributed by atoms with Crippen molar-refractivity contribution in [2.24, 2.45) is 0 Å². The minimum Gasteiger partial charge on any atom is -0.478 e. The number of ether oxygens (including phenoxy) is 1. The van der Waals surface area contributed by atoms with Crippen LogP contribution in [0.5, 0.6) is 5.75 Å². The quantitative estimate of drug-likeness (QED) is 0.323. The predicted octanol–water partition coefficient (Wildman–Crippen LogP) is 7.55. The summed E-state index contributed by atoms with van der Waals surface area (Å²) in [4.78, 5) is 17.6. The van der Waals surface area contributed by atoms with Gasteiger partial charge in [0.05, 0.1) is 10.6 Å². The maximum Gasteiger partial charge on any atom is 0.267 e. The molecule has 0 unspecified atom stereocenters. The van der Waals surface area contributed by atoms with E-state index in [1.807, 2.05) is 49.4 Å². The lowest BCUT2D eigenvalue weighted by Crippen LogP contribution is -2.42. The minimum absolute atomic E-state index is 0.0469. The van der Waals surface area contributed by atoms with E-state index in [1.165, 1.54) is 5.56 Å². The van der Waals surface area contributed by atoms with E-state index in [4.69, 9.17) is 20.8 Å². The molecule has 0 atom stereocenters. The first-order valence-corrected chi connectivity index (χ1v) is 11.6. The second-order valence-electron chi connectivity index (χ2n) is 10.0. The summed E-state index contributed by atoms with van der Waals surface area (Å²) in [6.45, 7) is 11.9. The third kappa shape index (κ3) is 5.10. The third-order valence-corrected chi connectivity index (χ3v) is 5.97. The van der Waals surface area contributed by atoms with Gasteiger partial charge in [-0.2, -0.15) is 0 Å². The van der Waals surface area contributed by atoms with Gasteiger partial charge in [-0.25, -0.2) is 4.98 Å². The molecule has 0 saturated heterocycles. The van der Waals surface area contributed by atoms with Crippen molar-refractivity contribution in [3.63, 3.8) is 0 Å². The lowest BCUT2D eigenvalue weighted by atomic mass is 9.87. The van der Waals surface area contributed by atoms with Crippen LogP contribution in [-0.2, 0) is 10.2 Å². The van der Waals surface area contributed by atoms with Gasteiger partial charge in [0.25, 0.3) is 5.91 Å². The number of aryl methyl sites for hydroxylation is 1. The molecule has 34 heavy (non-hydrogen) atoms. The number of oxazole rings is 1. The molecule has 4 rings (SSSR count). The zero-order valence-electron chi connectivity index (χ0n) is 20.3. The summed E-state index contributed by atoms with van der Waals surface area (Å²) in [5, 5.41) is 3.41. The summed E-state index contributed by atoms with van der Waals surface area (Å²) in [5.74, 6) is 0.747. The van der Waals surface area contributed by atoms with Crippen LogP contribution in [0, 0.1) is 6.92 Å². The molecule has 0 fully saturated rings. The van der Waals surface area contributed by atoms with Gasteiger partial charge in [0.15, 0.2) is 11.2 Å². The molecule has 1 heterocycles. The van der Waals surface area contributed by atoms with Crippen LogP contribution in [0.3, 0.4) is 0 Å². The Labute approximate surface area is 205 Å². The molecular weight excluding hydrogens is 448 g/mol. The highest BCUT2D eigenvalue weighted by atomic mass is 35.5. The maximum atomic E-state index is 13.1. The van der Waals surface area contributed by atoms with E-state index < -0.39 is 5.60 Å². The SMILES string of the molecule is Cc1ccc2nc(-c3cc(NC(=O)C(C)(C)Oc4ccc(C(C)(C)C)cc4)ccc3Cl)oc2c1. The molecule has 0 aliphatic heterocycles. The minimum atomic E-state index is -1.10. The van der Waals surface area contributed by atoms with Gasteiger partial charge in [0, 0.05) is 5.69 Å². The number of halogens is 1. The molecule has 0 aliphatic rings. The Balaban J connectivity index is 1.53. The van der Waals surface area contributed by atoms with E-state index in [-0.39, 0.29) is 11.3 Å². The highest BCUT2D eigenvalue weighted by Crippen LogP contribution is 2.33. The molecule has 0 spiro atoms. The van der Waals surface area contributed by atoms with Crippen molar-refractivity contribution in [2.75, 3.05) is 5.32 Å². The second-order valence-corrected chi connectivity index (χ2v) is 10.4. The van der Waals surface area contributed by atoms with Crippen molar-refractivity contribution in [1.29, 1.82) is 0 Å².